The average molecular weight is 387 g/mol. The Bertz CT molecular complexity index is 1110. The Balaban J connectivity index is 2.07. The molecule has 0 radical (unpaired) electrons. The highest BCUT2D eigenvalue weighted by molar-refractivity contribution is 6.41. The van der Waals surface area contributed by atoms with Gasteiger partial charge in [-0.1, -0.05) is 60.7 Å². The fourth-order valence-corrected chi connectivity index (χ4v) is 3.01. The molecule has 0 bridgehead atoms. The molecule has 5 heteroatoms. The maximum absolute atomic E-state index is 12.9. The number of rotatable bonds is 7. The fraction of sp³-hybridized carbons (Fsp3) is 0.125. The smallest absolute Gasteiger partial charge is 0.261 e. The highest BCUT2D eigenvalue weighted by Crippen LogP contribution is 2.15. The van der Waals surface area contributed by atoms with Crippen LogP contribution in [-0.2, 0) is 22.6 Å². The molecular weight excluding hydrogens is 366 g/mol. The summed E-state index contributed by atoms with van der Waals surface area (Å²) in [5.74, 6) is -2.07. The van der Waals surface area contributed by atoms with Crippen molar-refractivity contribution in [2.45, 2.75) is 19.9 Å². The summed E-state index contributed by atoms with van der Waals surface area (Å²) in [5, 5.41) is 10.4. The minimum atomic E-state index is -0.857. The monoisotopic (exact) mass is 387 g/mol. The number of aliphatic hydroxyl groups is 1. The van der Waals surface area contributed by atoms with Crippen molar-refractivity contribution in [3.05, 3.63) is 112 Å². The first-order valence-electron chi connectivity index (χ1n) is 9.21. The van der Waals surface area contributed by atoms with E-state index < -0.39 is 22.9 Å². The van der Waals surface area contributed by atoms with E-state index in [1.165, 1.54) is 4.57 Å². The molecular formula is C24H21NO4. The summed E-state index contributed by atoms with van der Waals surface area (Å²) in [4.78, 5) is 35.9. The van der Waals surface area contributed by atoms with Gasteiger partial charge >= 0.3 is 0 Å². The zero-order chi connectivity index (χ0) is 20.8. The summed E-state index contributed by atoms with van der Waals surface area (Å²) in [6, 6.07) is 20.8. The lowest BCUT2D eigenvalue weighted by Crippen LogP contribution is -2.25. The first kappa shape index (κ1) is 20.0. The molecule has 0 unspecified atom stereocenters. The molecule has 0 fully saturated rings. The third kappa shape index (κ3) is 5.17. The summed E-state index contributed by atoms with van der Waals surface area (Å²) >= 11 is 0. The largest absolute Gasteiger partial charge is 0.507 e. The second-order valence-corrected chi connectivity index (χ2v) is 6.79. The average Bonchev–Trinajstić information content (AvgIpc) is 2.71. The molecule has 1 N–H and O–H groups in total. The Labute approximate surface area is 168 Å². The molecule has 1 aromatic heterocycles. The number of nitrogens with zero attached hydrogens (tertiary/aromatic N) is 1. The standard InChI is InChI=1S/C24H21NO4/c1-17(26)22(27)14-23(28)21-13-20(12-18-8-4-2-5-9-18)16-25(24(21)29)15-19-10-6-3-7-11-19/h2-11,13-14,16,28H,12,15H2,1H3/b23-14-. The van der Waals surface area contributed by atoms with Crippen LogP contribution in [0.4, 0.5) is 0 Å². The quantitative estimate of drug-likeness (QED) is 0.382. The Hall–Kier alpha value is -3.73. The van der Waals surface area contributed by atoms with Crippen molar-refractivity contribution >= 4 is 17.3 Å². The van der Waals surface area contributed by atoms with Crippen LogP contribution in [0.3, 0.4) is 0 Å². The van der Waals surface area contributed by atoms with Crippen LogP contribution in [0.1, 0.15) is 29.2 Å². The molecule has 1 heterocycles. The van der Waals surface area contributed by atoms with Crippen molar-refractivity contribution in [2.75, 3.05) is 0 Å². The normalized spacial score (nSPS) is 11.3. The van der Waals surface area contributed by atoms with Crippen LogP contribution in [0.15, 0.2) is 83.8 Å². The molecule has 2 aromatic carbocycles. The van der Waals surface area contributed by atoms with Gasteiger partial charge in [0.1, 0.15) is 5.76 Å². The summed E-state index contributed by atoms with van der Waals surface area (Å²) in [6.07, 6.45) is 3.11. The molecule has 146 valence electrons. The van der Waals surface area contributed by atoms with E-state index in [9.17, 15) is 19.5 Å². The first-order valence-corrected chi connectivity index (χ1v) is 9.21. The number of allylic oxidation sites excluding steroid dienone is 1. The van der Waals surface area contributed by atoms with Gasteiger partial charge in [0.15, 0.2) is 5.78 Å². The van der Waals surface area contributed by atoms with E-state index in [1.807, 2.05) is 60.7 Å². The number of hydrogen-bond donors (Lipinski definition) is 1. The van der Waals surface area contributed by atoms with Gasteiger partial charge in [-0.3, -0.25) is 14.4 Å². The molecule has 29 heavy (non-hydrogen) atoms. The van der Waals surface area contributed by atoms with E-state index in [4.69, 9.17) is 0 Å². The van der Waals surface area contributed by atoms with E-state index in [2.05, 4.69) is 0 Å². The Morgan fingerprint density at radius 2 is 1.52 bits per heavy atom. The highest BCUT2D eigenvalue weighted by atomic mass is 16.3. The molecule has 0 spiro atoms. The molecule has 5 nitrogen and oxygen atoms in total. The number of pyridine rings is 1. The van der Waals surface area contributed by atoms with Crippen LogP contribution >= 0.6 is 0 Å². The zero-order valence-electron chi connectivity index (χ0n) is 16.0. The van der Waals surface area contributed by atoms with Crippen molar-refractivity contribution in [1.29, 1.82) is 0 Å². The maximum Gasteiger partial charge on any atom is 0.261 e. The number of ketones is 2. The van der Waals surface area contributed by atoms with Crippen LogP contribution in [0.5, 0.6) is 0 Å². The van der Waals surface area contributed by atoms with Gasteiger partial charge in [-0.05, 0) is 29.2 Å². The van der Waals surface area contributed by atoms with Gasteiger partial charge in [0.2, 0.25) is 5.78 Å². The lowest BCUT2D eigenvalue weighted by molar-refractivity contribution is -0.132. The summed E-state index contributed by atoms with van der Waals surface area (Å²) in [7, 11) is 0. The molecule has 0 aliphatic heterocycles. The third-order valence-corrected chi connectivity index (χ3v) is 4.48. The first-order chi connectivity index (χ1) is 13.9. The number of aliphatic hydroxyl groups excluding tert-OH is 1. The molecule has 3 rings (SSSR count). The Morgan fingerprint density at radius 1 is 0.931 bits per heavy atom. The molecule has 0 amide bonds. The second-order valence-electron chi connectivity index (χ2n) is 6.79. The lowest BCUT2D eigenvalue weighted by Gasteiger charge is -2.12. The number of hydrogen-bond acceptors (Lipinski definition) is 4. The minimum absolute atomic E-state index is 0.0102. The van der Waals surface area contributed by atoms with E-state index >= 15 is 0 Å². The van der Waals surface area contributed by atoms with Gasteiger partial charge in [-0.15, -0.1) is 0 Å². The predicted molar refractivity (Wildman–Crippen MR) is 112 cm³/mol. The van der Waals surface area contributed by atoms with E-state index in [0.29, 0.717) is 13.0 Å². The maximum atomic E-state index is 12.9. The van der Waals surface area contributed by atoms with Gasteiger partial charge < -0.3 is 9.67 Å². The molecule has 0 aliphatic carbocycles. The van der Waals surface area contributed by atoms with Crippen molar-refractivity contribution in [1.82, 2.24) is 4.57 Å². The number of Topliss-reactive ketones (excluding diaryl/α,β-unsaturated/α-hetero) is 1. The summed E-state index contributed by atoms with van der Waals surface area (Å²) in [5.41, 5.74) is 2.34. The number of benzene rings is 2. The number of carbonyl (C=O) groups excluding carboxylic acids is 2. The minimum Gasteiger partial charge on any atom is -0.507 e. The zero-order valence-corrected chi connectivity index (χ0v) is 16.0. The van der Waals surface area contributed by atoms with E-state index in [1.54, 1.807) is 12.3 Å². The van der Waals surface area contributed by atoms with Crippen LogP contribution in [0, 0.1) is 0 Å². The topological polar surface area (TPSA) is 76.4 Å². The number of carbonyl (C=O) groups is 2. The van der Waals surface area contributed by atoms with Gasteiger partial charge in [-0.25, -0.2) is 0 Å². The molecule has 0 atom stereocenters. The SMILES string of the molecule is CC(=O)C(=O)/C=C(\O)c1cc(Cc2ccccc2)cn(Cc2ccccc2)c1=O. The highest BCUT2D eigenvalue weighted by Gasteiger charge is 2.14. The molecule has 3 aromatic rings. The molecule has 0 saturated carbocycles. The van der Waals surface area contributed by atoms with Crippen LogP contribution < -0.4 is 5.56 Å². The van der Waals surface area contributed by atoms with Crippen molar-refractivity contribution < 1.29 is 14.7 Å². The van der Waals surface area contributed by atoms with Crippen LogP contribution in [-0.4, -0.2) is 21.2 Å². The van der Waals surface area contributed by atoms with Gasteiger partial charge in [0.05, 0.1) is 12.1 Å². The Morgan fingerprint density at radius 3 is 2.10 bits per heavy atom. The Kier molecular flexibility index (Phi) is 6.19. The van der Waals surface area contributed by atoms with Crippen molar-refractivity contribution in [3.63, 3.8) is 0 Å². The van der Waals surface area contributed by atoms with Gasteiger partial charge in [0.25, 0.3) is 5.56 Å². The van der Waals surface area contributed by atoms with E-state index in [-0.39, 0.29) is 5.56 Å². The summed E-state index contributed by atoms with van der Waals surface area (Å²) in [6.45, 7) is 1.44. The van der Waals surface area contributed by atoms with Crippen molar-refractivity contribution in [3.8, 4) is 0 Å². The molecule has 0 saturated heterocycles. The molecule has 0 aliphatic rings. The van der Waals surface area contributed by atoms with Crippen LogP contribution in [0.2, 0.25) is 0 Å². The summed E-state index contributed by atoms with van der Waals surface area (Å²) < 4.78 is 1.51. The third-order valence-electron chi connectivity index (χ3n) is 4.48. The predicted octanol–water partition coefficient (Wildman–Crippen LogP) is 3.54. The van der Waals surface area contributed by atoms with Crippen LogP contribution in [0.25, 0.3) is 5.76 Å². The van der Waals surface area contributed by atoms with Gasteiger partial charge in [-0.2, -0.15) is 0 Å². The second kappa shape index (κ2) is 8.97. The fourth-order valence-electron chi connectivity index (χ4n) is 3.01. The van der Waals surface area contributed by atoms with Crippen molar-refractivity contribution in [2.24, 2.45) is 0 Å². The lowest BCUT2D eigenvalue weighted by atomic mass is 10.0. The van der Waals surface area contributed by atoms with E-state index in [0.717, 1.165) is 29.7 Å². The number of aromatic nitrogens is 1. The van der Waals surface area contributed by atoms with Gasteiger partial charge in [0, 0.05) is 19.2 Å².